The van der Waals surface area contributed by atoms with Crippen LogP contribution in [0.15, 0.2) is 66.7 Å². The molecule has 3 heteroatoms. The van der Waals surface area contributed by atoms with Crippen molar-refractivity contribution in [3.63, 3.8) is 0 Å². The minimum Gasteiger partial charge on any atom is -0.496 e. The molecule has 0 spiro atoms. The van der Waals surface area contributed by atoms with Gasteiger partial charge in [0.2, 0.25) is 0 Å². The third kappa shape index (κ3) is 2.18. The largest absolute Gasteiger partial charge is 0.496 e. The molecule has 1 aliphatic heterocycles. The number of carbonyl (C=O) groups is 1. The molecule has 3 aromatic rings. The summed E-state index contributed by atoms with van der Waals surface area (Å²) in [5.41, 5.74) is 5.13. The zero-order valence-electron chi connectivity index (χ0n) is 12.6. The van der Waals surface area contributed by atoms with Gasteiger partial charge in [0, 0.05) is 16.7 Å². The van der Waals surface area contributed by atoms with Crippen molar-refractivity contribution in [3.8, 4) is 16.9 Å². The number of carbonyl (C=O) groups excluding carboxylic acids is 1. The van der Waals surface area contributed by atoms with E-state index in [-0.39, 0.29) is 5.78 Å². The average Bonchev–Trinajstić information content (AvgIpc) is 2.99. The predicted molar refractivity (Wildman–Crippen MR) is 89.8 cm³/mol. The van der Waals surface area contributed by atoms with Crippen LogP contribution >= 0.6 is 0 Å². The summed E-state index contributed by atoms with van der Waals surface area (Å²) < 4.78 is 5.30. The molecule has 4 rings (SSSR count). The number of benzene rings is 3. The van der Waals surface area contributed by atoms with Gasteiger partial charge < -0.3 is 4.74 Å². The number of fused-ring (bicyclic) bond motifs is 3. The molecule has 0 aromatic heterocycles. The van der Waals surface area contributed by atoms with Crippen molar-refractivity contribution in [1.29, 1.82) is 0 Å². The predicted octanol–water partition coefficient (Wildman–Crippen LogP) is 4.47. The van der Waals surface area contributed by atoms with Crippen LogP contribution in [0, 0.1) is 0 Å². The lowest BCUT2D eigenvalue weighted by Gasteiger charge is -2.08. The molecule has 0 aliphatic carbocycles. The SMILES string of the molecule is COc1ccccc1C(=O)c1ccc2c(c1)-c1ccccc1[N]2. The van der Waals surface area contributed by atoms with Gasteiger partial charge in [-0.15, -0.1) is 0 Å². The summed E-state index contributed by atoms with van der Waals surface area (Å²) >= 11 is 0. The Bertz CT molecular complexity index is 915. The summed E-state index contributed by atoms with van der Waals surface area (Å²) in [5, 5.41) is 4.59. The van der Waals surface area contributed by atoms with E-state index in [2.05, 4.69) is 5.32 Å². The molecule has 3 nitrogen and oxygen atoms in total. The van der Waals surface area contributed by atoms with Gasteiger partial charge >= 0.3 is 0 Å². The Morgan fingerprint density at radius 3 is 2.48 bits per heavy atom. The maximum atomic E-state index is 12.8. The van der Waals surface area contributed by atoms with Crippen LogP contribution in [0.5, 0.6) is 5.75 Å². The molecule has 111 valence electrons. The second-order valence-corrected chi connectivity index (χ2v) is 5.39. The first-order chi connectivity index (χ1) is 11.3. The molecule has 1 radical (unpaired) electrons. The smallest absolute Gasteiger partial charge is 0.196 e. The average molecular weight is 300 g/mol. The number of methoxy groups -OCH3 is 1. The van der Waals surface area contributed by atoms with Gasteiger partial charge in [0.25, 0.3) is 0 Å². The van der Waals surface area contributed by atoms with Crippen molar-refractivity contribution >= 4 is 17.2 Å². The quantitative estimate of drug-likeness (QED) is 0.524. The van der Waals surface area contributed by atoms with Crippen molar-refractivity contribution in [2.24, 2.45) is 0 Å². The third-order valence-corrected chi connectivity index (χ3v) is 4.05. The first kappa shape index (κ1) is 13.6. The highest BCUT2D eigenvalue weighted by Crippen LogP contribution is 2.43. The summed E-state index contributed by atoms with van der Waals surface area (Å²) in [6.45, 7) is 0. The first-order valence-corrected chi connectivity index (χ1v) is 7.41. The van der Waals surface area contributed by atoms with Gasteiger partial charge in [-0.05, 0) is 36.4 Å². The monoisotopic (exact) mass is 300 g/mol. The Labute approximate surface area is 134 Å². The molecule has 0 atom stereocenters. The minimum absolute atomic E-state index is 0.0466. The summed E-state index contributed by atoms with van der Waals surface area (Å²) in [7, 11) is 1.57. The number of nitrogens with zero attached hydrogens (tertiary/aromatic N) is 1. The second-order valence-electron chi connectivity index (χ2n) is 5.39. The number of ether oxygens (including phenoxy) is 1. The molecule has 0 saturated carbocycles. The van der Waals surface area contributed by atoms with E-state index in [4.69, 9.17) is 4.74 Å². The van der Waals surface area contributed by atoms with E-state index < -0.39 is 0 Å². The zero-order chi connectivity index (χ0) is 15.8. The Hall–Kier alpha value is -3.07. The fraction of sp³-hybridized carbons (Fsp3) is 0.0500. The molecule has 0 amide bonds. The molecule has 0 unspecified atom stereocenters. The third-order valence-electron chi connectivity index (χ3n) is 4.05. The minimum atomic E-state index is -0.0466. The number of rotatable bonds is 3. The van der Waals surface area contributed by atoms with Gasteiger partial charge in [0.05, 0.1) is 24.0 Å². The second kappa shape index (κ2) is 5.29. The van der Waals surface area contributed by atoms with E-state index in [0.717, 1.165) is 22.5 Å². The molecule has 0 bridgehead atoms. The Morgan fingerprint density at radius 2 is 1.61 bits per heavy atom. The van der Waals surface area contributed by atoms with Crippen molar-refractivity contribution in [3.05, 3.63) is 77.9 Å². The van der Waals surface area contributed by atoms with Crippen molar-refractivity contribution in [2.45, 2.75) is 0 Å². The van der Waals surface area contributed by atoms with Crippen molar-refractivity contribution in [2.75, 3.05) is 7.11 Å². The van der Waals surface area contributed by atoms with Crippen molar-refractivity contribution < 1.29 is 9.53 Å². The van der Waals surface area contributed by atoms with E-state index in [1.54, 1.807) is 19.2 Å². The molecule has 1 aliphatic rings. The molecular formula is C20H14NO2. The van der Waals surface area contributed by atoms with E-state index >= 15 is 0 Å². The van der Waals surface area contributed by atoms with Gasteiger partial charge in [0.15, 0.2) is 5.78 Å². The van der Waals surface area contributed by atoms with E-state index in [0.29, 0.717) is 16.9 Å². The van der Waals surface area contributed by atoms with Gasteiger partial charge in [-0.25, -0.2) is 5.32 Å². The van der Waals surface area contributed by atoms with E-state index in [1.165, 1.54) is 0 Å². The Balaban J connectivity index is 1.79. The van der Waals surface area contributed by atoms with E-state index in [9.17, 15) is 4.79 Å². The molecule has 0 fully saturated rings. The van der Waals surface area contributed by atoms with E-state index in [1.807, 2.05) is 54.6 Å². The highest BCUT2D eigenvalue weighted by atomic mass is 16.5. The van der Waals surface area contributed by atoms with Crippen LogP contribution in [0.1, 0.15) is 15.9 Å². The standard InChI is InChI=1S/C20H14NO2/c1-23-19-9-5-3-7-15(19)20(22)13-10-11-18-16(12-13)14-6-2-4-8-17(14)21-18/h2-12H,1H3. The molecule has 3 aromatic carbocycles. The zero-order valence-corrected chi connectivity index (χ0v) is 12.6. The lowest BCUT2D eigenvalue weighted by Crippen LogP contribution is -2.04. The van der Waals surface area contributed by atoms with Gasteiger partial charge in [-0.2, -0.15) is 0 Å². The fourth-order valence-corrected chi connectivity index (χ4v) is 2.91. The Morgan fingerprint density at radius 1 is 0.870 bits per heavy atom. The lowest BCUT2D eigenvalue weighted by molar-refractivity contribution is 0.103. The molecule has 0 N–H and O–H groups in total. The van der Waals surface area contributed by atoms with Crippen LogP contribution in [0.2, 0.25) is 0 Å². The van der Waals surface area contributed by atoms with Crippen LogP contribution in [-0.4, -0.2) is 12.9 Å². The maximum absolute atomic E-state index is 12.8. The van der Waals surface area contributed by atoms with Crippen LogP contribution in [0.25, 0.3) is 11.1 Å². The highest BCUT2D eigenvalue weighted by molar-refractivity contribution is 6.12. The summed E-state index contributed by atoms with van der Waals surface area (Å²) in [6, 6.07) is 20.9. The topological polar surface area (TPSA) is 40.4 Å². The number of hydrogen-bond acceptors (Lipinski definition) is 2. The number of para-hydroxylation sites is 2. The van der Waals surface area contributed by atoms with Gasteiger partial charge in [0.1, 0.15) is 5.75 Å². The van der Waals surface area contributed by atoms with Gasteiger partial charge in [-0.3, -0.25) is 4.79 Å². The van der Waals surface area contributed by atoms with Crippen molar-refractivity contribution in [1.82, 2.24) is 5.32 Å². The summed E-state index contributed by atoms with van der Waals surface area (Å²) in [5.74, 6) is 0.540. The first-order valence-electron chi connectivity index (χ1n) is 7.41. The molecule has 0 saturated heterocycles. The molecular weight excluding hydrogens is 286 g/mol. The number of ketones is 1. The van der Waals surface area contributed by atoms with Gasteiger partial charge in [-0.1, -0.05) is 30.3 Å². The summed E-state index contributed by atoms with van der Waals surface area (Å²) in [6.07, 6.45) is 0. The molecule has 23 heavy (non-hydrogen) atoms. The lowest BCUT2D eigenvalue weighted by atomic mass is 9.98. The fourth-order valence-electron chi connectivity index (χ4n) is 2.91. The number of hydrogen-bond donors (Lipinski definition) is 0. The molecule has 1 heterocycles. The normalized spacial score (nSPS) is 11.3. The van der Waals surface area contributed by atoms with Crippen LogP contribution in [0.3, 0.4) is 0 Å². The van der Waals surface area contributed by atoms with Crippen LogP contribution in [0.4, 0.5) is 11.4 Å². The van der Waals surface area contributed by atoms with Crippen LogP contribution in [-0.2, 0) is 0 Å². The maximum Gasteiger partial charge on any atom is 0.196 e. The highest BCUT2D eigenvalue weighted by Gasteiger charge is 2.22. The van der Waals surface area contributed by atoms with Crippen LogP contribution < -0.4 is 10.1 Å². The Kier molecular flexibility index (Phi) is 3.12. The summed E-state index contributed by atoms with van der Waals surface area (Å²) in [4.78, 5) is 12.8.